The van der Waals surface area contributed by atoms with Crippen LogP contribution < -0.4 is 10.7 Å². The van der Waals surface area contributed by atoms with E-state index >= 15 is 0 Å². The molecular weight excluding hydrogens is 382 g/mol. The lowest BCUT2D eigenvalue weighted by atomic mass is 10.1. The Balaban J connectivity index is 1.30. The predicted octanol–water partition coefficient (Wildman–Crippen LogP) is 2.45. The van der Waals surface area contributed by atoms with Crippen molar-refractivity contribution in [2.45, 2.75) is 31.7 Å². The Bertz CT molecular complexity index is 1190. The van der Waals surface area contributed by atoms with Gasteiger partial charge in [0, 0.05) is 32.3 Å². The van der Waals surface area contributed by atoms with Crippen LogP contribution in [0.15, 0.2) is 56.7 Å². The third-order valence-electron chi connectivity index (χ3n) is 5.67. The van der Waals surface area contributed by atoms with E-state index in [4.69, 9.17) is 9.15 Å². The molecule has 2 atom stereocenters. The number of fused-ring (bicyclic) bond motifs is 3. The zero-order valence-electron chi connectivity index (χ0n) is 16.5. The van der Waals surface area contributed by atoms with Gasteiger partial charge in [0.25, 0.3) is 0 Å². The van der Waals surface area contributed by atoms with Gasteiger partial charge in [-0.1, -0.05) is 18.2 Å². The van der Waals surface area contributed by atoms with E-state index in [1.807, 2.05) is 18.3 Å². The minimum absolute atomic E-state index is 0.0117. The van der Waals surface area contributed by atoms with Crippen molar-refractivity contribution < 1.29 is 13.9 Å². The van der Waals surface area contributed by atoms with Gasteiger partial charge in [-0.05, 0) is 36.2 Å². The molecule has 0 amide bonds. The van der Waals surface area contributed by atoms with Crippen molar-refractivity contribution >= 4 is 34.1 Å². The van der Waals surface area contributed by atoms with Gasteiger partial charge in [-0.2, -0.15) is 0 Å². The molecule has 1 aromatic heterocycles. The fraction of sp³-hybridized carbons (Fsp3) is 0.348. The Morgan fingerprint density at radius 1 is 1.17 bits per heavy atom. The highest BCUT2D eigenvalue weighted by Crippen LogP contribution is 2.20. The number of nitrogens with zero attached hydrogens (tertiary/aromatic N) is 2. The average molecular weight is 405 g/mol. The van der Waals surface area contributed by atoms with Gasteiger partial charge < -0.3 is 9.15 Å². The van der Waals surface area contributed by atoms with Crippen molar-refractivity contribution in [2.75, 3.05) is 19.6 Å². The van der Waals surface area contributed by atoms with Crippen molar-refractivity contribution in [1.82, 2.24) is 10.2 Å². The van der Waals surface area contributed by atoms with Gasteiger partial charge in [0.2, 0.25) is 5.43 Å². The molecule has 0 bridgehead atoms. The zero-order chi connectivity index (χ0) is 20.5. The molecule has 1 fully saturated rings. The van der Waals surface area contributed by atoms with Gasteiger partial charge in [0.05, 0.1) is 23.4 Å². The lowest BCUT2D eigenvalue weighted by molar-refractivity contribution is -0.153. The number of hydrogen-bond donors (Lipinski definition) is 1. The monoisotopic (exact) mass is 405 g/mol. The van der Waals surface area contributed by atoms with Crippen LogP contribution >= 0.6 is 0 Å². The fourth-order valence-corrected chi connectivity index (χ4v) is 4.15. The number of rotatable bonds is 3. The second-order valence-electron chi connectivity index (χ2n) is 7.76. The molecule has 2 aliphatic heterocycles. The highest BCUT2D eigenvalue weighted by molar-refractivity contribution is 5.90. The first kappa shape index (κ1) is 19.0. The normalized spacial score (nSPS) is 22.0. The molecule has 2 aliphatic rings. The topological polar surface area (TPSA) is 84.1 Å². The van der Waals surface area contributed by atoms with Gasteiger partial charge in [-0.15, -0.1) is 0 Å². The van der Waals surface area contributed by atoms with Crippen LogP contribution in [0, 0.1) is 0 Å². The van der Waals surface area contributed by atoms with Crippen LogP contribution in [0.1, 0.15) is 18.4 Å². The lowest BCUT2D eigenvalue weighted by Gasteiger charge is -2.37. The van der Waals surface area contributed by atoms with E-state index in [1.165, 1.54) is 0 Å². The van der Waals surface area contributed by atoms with Gasteiger partial charge in [0.15, 0.2) is 6.23 Å². The van der Waals surface area contributed by atoms with Crippen LogP contribution in [0.5, 0.6) is 0 Å². The second-order valence-corrected chi connectivity index (χ2v) is 7.76. The molecule has 7 nitrogen and oxygen atoms in total. The Kier molecular flexibility index (Phi) is 5.06. The van der Waals surface area contributed by atoms with Crippen LogP contribution in [0.3, 0.4) is 0 Å². The molecule has 3 aromatic rings. The predicted molar refractivity (Wildman–Crippen MR) is 115 cm³/mol. The minimum atomic E-state index is -0.335. The van der Waals surface area contributed by atoms with Crippen LogP contribution in [0.4, 0.5) is 0 Å². The summed E-state index contributed by atoms with van der Waals surface area (Å²) in [6.45, 7) is 2.70. The molecular formula is C23H23N3O4. The molecule has 154 valence electrons. The summed E-state index contributed by atoms with van der Waals surface area (Å²) in [5.41, 5.74) is 1.70. The summed E-state index contributed by atoms with van der Waals surface area (Å²) in [4.78, 5) is 32.0. The maximum Gasteiger partial charge on any atom is 0.311 e. The van der Waals surface area contributed by atoms with Gasteiger partial charge in [-0.25, -0.2) is 0 Å². The third kappa shape index (κ3) is 3.74. The van der Waals surface area contributed by atoms with Gasteiger partial charge in [0.1, 0.15) is 11.2 Å². The van der Waals surface area contributed by atoms with Gasteiger partial charge >= 0.3 is 5.97 Å². The van der Waals surface area contributed by atoms with E-state index in [0.717, 1.165) is 38.0 Å². The summed E-state index contributed by atoms with van der Waals surface area (Å²) < 4.78 is 11.5. The molecule has 0 spiro atoms. The second kappa shape index (κ2) is 8.01. The number of benzene rings is 2. The van der Waals surface area contributed by atoms with Crippen LogP contribution in [0.2, 0.25) is 0 Å². The lowest BCUT2D eigenvalue weighted by Crippen LogP contribution is -2.57. The van der Waals surface area contributed by atoms with Gasteiger partial charge in [-0.3, -0.25) is 24.8 Å². The Hall–Kier alpha value is -3.03. The molecule has 0 aliphatic carbocycles. The number of ether oxygens (including phenoxy) is 1. The highest BCUT2D eigenvalue weighted by atomic mass is 16.6. The average Bonchev–Trinajstić information content (AvgIpc) is 2.99. The standard InChI is InChI=1S/C23H23N3O4/c27-22(30-21-8-11-26-10-3-9-24-14-20(26)25-21)13-15-6-7-19-17(12-15)23(28)16-4-1-2-5-18(16)29-19/h1-2,4-7,12,14,20-21,25H,3,8-11,13H2. The molecule has 1 saturated heterocycles. The van der Waals surface area contributed by atoms with E-state index in [-0.39, 0.29) is 30.2 Å². The SMILES string of the molecule is O=C(Cc1ccc2oc3ccccc3c(=O)c2c1)OC1CCN2CCCN=CC2N1. The summed E-state index contributed by atoms with van der Waals surface area (Å²) in [6.07, 6.45) is 3.46. The van der Waals surface area contributed by atoms with Crippen molar-refractivity contribution in [3.8, 4) is 0 Å². The van der Waals surface area contributed by atoms with E-state index in [9.17, 15) is 9.59 Å². The quantitative estimate of drug-likeness (QED) is 0.532. The molecule has 0 saturated carbocycles. The molecule has 7 heteroatoms. The summed E-state index contributed by atoms with van der Waals surface area (Å²) in [7, 11) is 0. The first-order chi connectivity index (χ1) is 14.7. The van der Waals surface area contributed by atoms with Crippen molar-refractivity contribution in [1.29, 1.82) is 0 Å². The van der Waals surface area contributed by atoms with Crippen molar-refractivity contribution in [3.05, 3.63) is 58.3 Å². The fourth-order valence-electron chi connectivity index (χ4n) is 4.15. The maximum atomic E-state index is 12.8. The van der Waals surface area contributed by atoms with Crippen molar-refractivity contribution in [2.24, 2.45) is 4.99 Å². The first-order valence-electron chi connectivity index (χ1n) is 10.3. The third-order valence-corrected chi connectivity index (χ3v) is 5.67. The molecule has 0 radical (unpaired) electrons. The van der Waals surface area contributed by atoms with E-state index in [1.54, 1.807) is 30.3 Å². The number of esters is 1. The molecule has 3 heterocycles. The number of hydrogen-bond acceptors (Lipinski definition) is 7. The summed E-state index contributed by atoms with van der Waals surface area (Å²) in [6, 6.07) is 12.4. The molecule has 30 heavy (non-hydrogen) atoms. The maximum absolute atomic E-state index is 12.8. The summed E-state index contributed by atoms with van der Waals surface area (Å²) >= 11 is 0. The summed E-state index contributed by atoms with van der Waals surface area (Å²) in [5, 5.41) is 4.34. The van der Waals surface area contributed by atoms with Crippen molar-refractivity contribution in [3.63, 3.8) is 0 Å². The Labute approximate surface area is 173 Å². The number of carbonyl (C=O) groups excluding carboxylic acids is 1. The van der Waals surface area contributed by atoms with E-state index in [2.05, 4.69) is 15.2 Å². The van der Waals surface area contributed by atoms with Crippen LogP contribution in [-0.2, 0) is 16.0 Å². The minimum Gasteiger partial charge on any atom is -0.456 e. The number of aliphatic imine (C=N–C) groups is 1. The van der Waals surface area contributed by atoms with Crippen LogP contribution in [-0.4, -0.2) is 49.1 Å². The molecule has 2 unspecified atom stereocenters. The highest BCUT2D eigenvalue weighted by Gasteiger charge is 2.29. The Morgan fingerprint density at radius 2 is 2.03 bits per heavy atom. The first-order valence-corrected chi connectivity index (χ1v) is 10.3. The number of nitrogens with one attached hydrogen (secondary N) is 1. The molecule has 5 rings (SSSR count). The largest absolute Gasteiger partial charge is 0.456 e. The summed E-state index contributed by atoms with van der Waals surface area (Å²) in [5.74, 6) is -0.323. The number of carbonyl (C=O) groups is 1. The molecule has 2 aromatic carbocycles. The Morgan fingerprint density at radius 3 is 2.97 bits per heavy atom. The number of para-hydroxylation sites is 1. The van der Waals surface area contributed by atoms with Crippen LogP contribution in [0.25, 0.3) is 21.9 Å². The zero-order valence-corrected chi connectivity index (χ0v) is 16.5. The van der Waals surface area contributed by atoms with E-state index < -0.39 is 0 Å². The molecule has 1 N–H and O–H groups in total. The smallest absolute Gasteiger partial charge is 0.311 e. The van der Waals surface area contributed by atoms with E-state index in [0.29, 0.717) is 21.9 Å².